The number of thiazole rings is 1. The SMILES string of the molecule is Cc1csc(C(C)(C)NC(=O)c2cnc(C(=O)O)cn2)n1. The predicted octanol–water partition coefficient (Wildman–Crippen LogP) is 1.60. The van der Waals surface area contributed by atoms with Gasteiger partial charge < -0.3 is 10.4 Å². The fourth-order valence-corrected chi connectivity index (χ4v) is 2.48. The third kappa shape index (κ3) is 3.40. The molecule has 8 heteroatoms. The van der Waals surface area contributed by atoms with E-state index in [-0.39, 0.29) is 11.4 Å². The first-order valence-corrected chi connectivity index (χ1v) is 6.98. The van der Waals surface area contributed by atoms with Crippen LogP contribution in [-0.4, -0.2) is 31.9 Å². The molecule has 0 spiro atoms. The minimum absolute atomic E-state index is 0.0568. The highest BCUT2D eigenvalue weighted by molar-refractivity contribution is 7.09. The van der Waals surface area contributed by atoms with Gasteiger partial charge in [0.1, 0.15) is 10.7 Å². The van der Waals surface area contributed by atoms with Crippen molar-refractivity contribution in [1.82, 2.24) is 20.3 Å². The van der Waals surface area contributed by atoms with Crippen LogP contribution in [0, 0.1) is 6.92 Å². The van der Waals surface area contributed by atoms with E-state index in [1.54, 1.807) is 0 Å². The van der Waals surface area contributed by atoms with Gasteiger partial charge in [0.25, 0.3) is 5.91 Å². The molecule has 0 unspecified atom stereocenters. The zero-order valence-electron chi connectivity index (χ0n) is 11.7. The molecule has 0 radical (unpaired) electrons. The maximum atomic E-state index is 12.1. The number of nitrogens with one attached hydrogen (secondary N) is 1. The van der Waals surface area contributed by atoms with Crippen molar-refractivity contribution in [1.29, 1.82) is 0 Å². The Morgan fingerprint density at radius 1 is 1.24 bits per heavy atom. The smallest absolute Gasteiger partial charge is 0.356 e. The Hall–Kier alpha value is -2.35. The molecule has 0 fully saturated rings. The Kier molecular flexibility index (Phi) is 3.99. The maximum absolute atomic E-state index is 12.1. The summed E-state index contributed by atoms with van der Waals surface area (Å²) in [6.45, 7) is 5.55. The molecule has 2 aromatic heterocycles. The number of hydrogen-bond acceptors (Lipinski definition) is 6. The Morgan fingerprint density at radius 2 is 1.86 bits per heavy atom. The number of nitrogens with zero attached hydrogens (tertiary/aromatic N) is 3. The maximum Gasteiger partial charge on any atom is 0.356 e. The van der Waals surface area contributed by atoms with Crippen LogP contribution in [0.15, 0.2) is 17.8 Å². The van der Waals surface area contributed by atoms with E-state index in [4.69, 9.17) is 5.11 Å². The number of carbonyl (C=O) groups is 2. The summed E-state index contributed by atoms with van der Waals surface area (Å²) >= 11 is 1.46. The van der Waals surface area contributed by atoms with E-state index in [1.807, 2.05) is 26.2 Å². The van der Waals surface area contributed by atoms with Crippen LogP contribution >= 0.6 is 11.3 Å². The minimum Gasteiger partial charge on any atom is -0.476 e. The second kappa shape index (κ2) is 5.57. The lowest BCUT2D eigenvalue weighted by molar-refractivity contribution is 0.0688. The van der Waals surface area contributed by atoms with E-state index in [0.29, 0.717) is 0 Å². The number of amides is 1. The van der Waals surface area contributed by atoms with Crippen LogP contribution in [0.25, 0.3) is 0 Å². The summed E-state index contributed by atoms with van der Waals surface area (Å²) in [4.78, 5) is 34.7. The van der Waals surface area contributed by atoms with E-state index in [2.05, 4.69) is 20.3 Å². The first-order valence-electron chi connectivity index (χ1n) is 6.10. The number of carbonyl (C=O) groups excluding carboxylic acids is 1. The van der Waals surface area contributed by atoms with Crippen LogP contribution in [0.2, 0.25) is 0 Å². The third-order valence-corrected chi connectivity index (χ3v) is 3.97. The summed E-state index contributed by atoms with van der Waals surface area (Å²) in [6, 6.07) is 0. The predicted molar refractivity (Wildman–Crippen MR) is 76.3 cm³/mol. The van der Waals surface area contributed by atoms with Crippen molar-refractivity contribution < 1.29 is 14.7 Å². The molecular formula is C13H14N4O3S. The van der Waals surface area contributed by atoms with Gasteiger partial charge in [-0.2, -0.15) is 0 Å². The first-order chi connectivity index (χ1) is 9.79. The Balaban J connectivity index is 2.15. The number of carboxylic acids is 1. The van der Waals surface area contributed by atoms with Gasteiger partial charge in [-0.1, -0.05) is 0 Å². The first kappa shape index (κ1) is 15.0. The Morgan fingerprint density at radius 3 is 2.33 bits per heavy atom. The normalized spacial score (nSPS) is 11.2. The summed E-state index contributed by atoms with van der Waals surface area (Å²) in [5.41, 5.74) is 0.0917. The fraction of sp³-hybridized carbons (Fsp3) is 0.308. The molecule has 0 saturated heterocycles. The van der Waals surface area contributed by atoms with Crippen molar-refractivity contribution >= 4 is 23.2 Å². The number of aromatic nitrogens is 3. The molecule has 1 amide bonds. The highest BCUT2D eigenvalue weighted by Crippen LogP contribution is 2.23. The van der Waals surface area contributed by atoms with E-state index in [1.165, 1.54) is 11.3 Å². The molecule has 0 aliphatic rings. The van der Waals surface area contributed by atoms with E-state index < -0.39 is 17.4 Å². The molecule has 110 valence electrons. The largest absolute Gasteiger partial charge is 0.476 e. The lowest BCUT2D eigenvalue weighted by Gasteiger charge is -2.23. The highest BCUT2D eigenvalue weighted by atomic mass is 32.1. The van der Waals surface area contributed by atoms with Gasteiger partial charge in [-0.25, -0.2) is 19.7 Å². The molecule has 2 aromatic rings. The zero-order chi connectivity index (χ0) is 15.6. The van der Waals surface area contributed by atoms with Crippen molar-refractivity contribution in [2.75, 3.05) is 0 Å². The number of rotatable bonds is 4. The zero-order valence-corrected chi connectivity index (χ0v) is 12.6. The van der Waals surface area contributed by atoms with E-state index in [0.717, 1.165) is 23.1 Å². The molecule has 7 nitrogen and oxygen atoms in total. The Bertz CT molecular complexity index is 679. The topological polar surface area (TPSA) is 105 Å². The van der Waals surface area contributed by atoms with Crippen LogP contribution in [0.5, 0.6) is 0 Å². The summed E-state index contributed by atoms with van der Waals surface area (Å²) in [6.07, 6.45) is 2.19. The van der Waals surface area contributed by atoms with Crippen LogP contribution in [0.4, 0.5) is 0 Å². The molecule has 2 N–H and O–H groups in total. The fourth-order valence-electron chi connectivity index (χ4n) is 1.60. The molecule has 0 aliphatic carbocycles. The van der Waals surface area contributed by atoms with Crippen LogP contribution in [-0.2, 0) is 5.54 Å². The number of aromatic carboxylic acids is 1. The van der Waals surface area contributed by atoms with E-state index in [9.17, 15) is 9.59 Å². The van der Waals surface area contributed by atoms with Gasteiger partial charge in [0.2, 0.25) is 0 Å². The van der Waals surface area contributed by atoms with Crippen molar-refractivity contribution in [3.05, 3.63) is 39.9 Å². The van der Waals surface area contributed by atoms with Gasteiger partial charge in [-0.3, -0.25) is 4.79 Å². The van der Waals surface area contributed by atoms with Gasteiger partial charge in [0, 0.05) is 11.1 Å². The lowest BCUT2D eigenvalue weighted by atomic mass is 10.1. The molecule has 0 aliphatic heterocycles. The van der Waals surface area contributed by atoms with Crippen molar-refractivity contribution in [3.8, 4) is 0 Å². The monoisotopic (exact) mass is 306 g/mol. The second-order valence-corrected chi connectivity index (χ2v) is 5.82. The average Bonchev–Trinajstić information content (AvgIpc) is 2.86. The lowest BCUT2D eigenvalue weighted by Crippen LogP contribution is -2.41. The average molecular weight is 306 g/mol. The molecule has 0 atom stereocenters. The molecule has 0 saturated carbocycles. The summed E-state index contributed by atoms with van der Waals surface area (Å²) in [5.74, 6) is -1.62. The summed E-state index contributed by atoms with van der Waals surface area (Å²) in [5, 5.41) is 14.2. The highest BCUT2D eigenvalue weighted by Gasteiger charge is 2.27. The Labute approximate surface area is 125 Å². The van der Waals surface area contributed by atoms with Gasteiger partial charge in [0.05, 0.1) is 17.9 Å². The van der Waals surface area contributed by atoms with Gasteiger partial charge in [0.15, 0.2) is 5.69 Å². The number of hydrogen-bond donors (Lipinski definition) is 2. The van der Waals surface area contributed by atoms with Crippen molar-refractivity contribution in [2.24, 2.45) is 0 Å². The van der Waals surface area contributed by atoms with Crippen LogP contribution in [0.3, 0.4) is 0 Å². The second-order valence-electron chi connectivity index (χ2n) is 4.97. The van der Waals surface area contributed by atoms with Gasteiger partial charge >= 0.3 is 5.97 Å². The van der Waals surface area contributed by atoms with Crippen LogP contribution < -0.4 is 5.32 Å². The summed E-state index contributed by atoms with van der Waals surface area (Å²) < 4.78 is 0. The van der Waals surface area contributed by atoms with Crippen LogP contribution in [0.1, 0.15) is 45.5 Å². The minimum atomic E-state index is -1.19. The number of carboxylic acid groups (broad SMARTS) is 1. The molecule has 21 heavy (non-hydrogen) atoms. The van der Waals surface area contributed by atoms with Gasteiger partial charge in [-0.15, -0.1) is 11.3 Å². The van der Waals surface area contributed by atoms with Crippen molar-refractivity contribution in [3.63, 3.8) is 0 Å². The number of aryl methyl sites for hydroxylation is 1. The standard InChI is InChI=1S/C13H14N4O3S/c1-7-6-21-12(16-7)13(2,3)17-10(18)8-4-15-9(5-14-8)11(19)20/h4-6H,1-3H3,(H,17,18)(H,19,20). The molecule has 0 bridgehead atoms. The van der Waals surface area contributed by atoms with Gasteiger partial charge in [-0.05, 0) is 20.8 Å². The molecule has 0 aromatic carbocycles. The summed E-state index contributed by atoms with van der Waals surface area (Å²) in [7, 11) is 0. The quantitative estimate of drug-likeness (QED) is 0.889. The molecule has 2 heterocycles. The van der Waals surface area contributed by atoms with Crippen molar-refractivity contribution in [2.45, 2.75) is 26.3 Å². The molecule has 2 rings (SSSR count). The molecular weight excluding hydrogens is 292 g/mol. The van der Waals surface area contributed by atoms with E-state index >= 15 is 0 Å². The third-order valence-electron chi connectivity index (χ3n) is 2.68.